The maximum atomic E-state index is 10.1. The molecule has 0 aromatic heterocycles. The number of aliphatic hydroxyl groups is 2. The summed E-state index contributed by atoms with van der Waals surface area (Å²) in [4.78, 5) is 0. The van der Waals surface area contributed by atoms with Gasteiger partial charge in [-0.05, 0) is 45.3 Å². The molecule has 0 saturated carbocycles. The van der Waals surface area contributed by atoms with Gasteiger partial charge in [-0.2, -0.15) is 12.6 Å². The van der Waals surface area contributed by atoms with Gasteiger partial charge in [0.15, 0.2) is 0 Å². The molecule has 0 heterocycles. The van der Waals surface area contributed by atoms with Crippen molar-refractivity contribution in [2.24, 2.45) is 0 Å². The summed E-state index contributed by atoms with van der Waals surface area (Å²) in [5.74, 6) is 0. The lowest BCUT2D eigenvalue weighted by atomic mass is 9.82. The van der Waals surface area contributed by atoms with Crippen molar-refractivity contribution in [3.63, 3.8) is 0 Å². The highest BCUT2D eigenvalue weighted by Crippen LogP contribution is 2.25. The predicted octanol–water partition coefficient (Wildman–Crippen LogP) is 3.19. The van der Waals surface area contributed by atoms with Gasteiger partial charge >= 0.3 is 7.48 Å². The van der Waals surface area contributed by atoms with E-state index in [2.05, 4.69) is 19.6 Å². The average Bonchev–Trinajstić information content (AvgIpc) is 2.51. The molecule has 1 unspecified atom stereocenters. The topological polar surface area (TPSA) is 49.7 Å². The van der Waals surface area contributed by atoms with Crippen molar-refractivity contribution in [2.45, 2.75) is 63.9 Å². The van der Waals surface area contributed by atoms with Crippen molar-refractivity contribution in [1.82, 2.24) is 0 Å². The number of hydrogen-bond donors (Lipinski definition) is 3. The number of aliphatic hydroxyl groups excluding tert-OH is 1. The fraction of sp³-hybridized carbons (Fsp3) is 0.579. The fourth-order valence-corrected chi connectivity index (χ4v) is 2.37. The summed E-state index contributed by atoms with van der Waals surface area (Å²) in [6.45, 7) is 9.36. The van der Waals surface area contributed by atoms with Crippen LogP contribution in [0.2, 0.25) is 0 Å². The van der Waals surface area contributed by atoms with Gasteiger partial charge in [0, 0.05) is 5.25 Å². The zero-order valence-electron chi connectivity index (χ0n) is 15.4. The Balaban J connectivity index is 2.72. The Morgan fingerprint density at radius 3 is 2.29 bits per heavy atom. The summed E-state index contributed by atoms with van der Waals surface area (Å²) in [6.07, 6.45) is 3.91. The van der Waals surface area contributed by atoms with Crippen LogP contribution >= 0.6 is 12.6 Å². The molecule has 0 fully saturated rings. The molecule has 1 atom stereocenters. The maximum absolute atomic E-state index is 10.1. The second-order valence-corrected chi connectivity index (χ2v) is 7.71. The van der Waals surface area contributed by atoms with Crippen LogP contribution in [-0.4, -0.2) is 35.5 Å². The zero-order chi connectivity index (χ0) is 18.4. The average molecular weight is 349 g/mol. The summed E-state index contributed by atoms with van der Waals surface area (Å²) in [5, 5.41) is 19.4. The van der Waals surface area contributed by atoms with Crippen molar-refractivity contribution in [3.8, 4) is 0 Å². The minimum absolute atomic E-state index is 0.0403. The molecule has 24 heavy (non-hydrogen) atoms. The minimum Gasteiger partial charge on any atom is -0.427 e. The lowest BCUT2D eigenvalue weighted by molar-refractivity contribution is -0.0893. The van der Waals surface area contributed by atoms with Crippen LogP contribution in [0.5, 0.6) is 0 Å². The first-order chi connectivity index (χ1) is 11.1. The highest BCUT2D eigenvalue weighted by Gasteiger charge is 2.35. The van der Waals surface area contributed by atoms with Crippen LogP contribution in [0.1, 0.15) is 58.3 Å². The summed E-state index contributed by atoms with van der Waals surface area (Å²) < 4.78 is 5.76. The van der Waals surface area contributed by atoms with Crippen LogP contribution in [-0.2, 0) is 4.65 Å². The van der Waals surface area contributed by atoms with E-state index in [1.54, 1.807) is 21.3 Å². The van der Waals surface area contributed by atoms with Crippen molar-refractivity contribution in [2.75, 3.05) is 6.61 Å². The highest BCUT2D eigenvalue weighted by atomic mass is 32.1. The highest BCUT2D eigenvalue weighted by molar-refractivity contribution is 7.80. The summed E-state index contributed by atoms with van der Waals surface area (Å²) in [5.41, 5.74) is 1.39. The second-order valence-electron chi connectivity index (χ2n) is 7.15. The van der Waals surface area contributed by atoms with Gasteiger partial charge in [0.25, 0.3) is 0 Å². The molecule has 5 heteroatoms. The molecule has 0 aliphatic rings. The van der Waals surface area contributed by atoms with Crippen molar-refractivity contribution < 1.29 is 14.9 Å². The first-order valence-electron chi connectivity index (χ1n) is 8.42. The quantitative estimate of drug-likeness (QED) is 0.365. The monoisotopic (exact) mass is 349 g/mol. The van der Waals surface area contributed by atoms with E-state index < -0.39 is 11.2 Å². The van der Waals surface area contributed by atoms with Crippen LogP contribution < -0.4 is 5.46 Å². The first-order valence-corrected chi connectivity index (χ1v) is 8.94. The molecular weight excluding hydrogens is 319 g/mol. The Morgan fingerprint density at radius 2 is 1.83 bits per heavy atom. The van der Waals surface area contributed by atoms with E-state index in [9.17, 15) is 10.2 Å². The summed E-state index contributed by atoms with van der Waals surface area (Å²) in [7, 11) is 1.67. The normalized spacial score (nSPS) is 14.6. The van der Waals surface area contributed by atoms with Gasteiger partial charge in [-0.3, -0.25) is 0 Å². The molecule has 0 aliphatic carbocycles. The third kappa shape index (κ3) is 6.28. The van der Waals surface area contributed by atoms with Crippen LogP contribution in [0.4, 0.5) is 0 Å². The van der Waals surface area contributed by atoms with Crippen molar-refractivity contribution >= 4 is 25.6 Å². The Bertz CT molecular complexity index is 533. The molecule has 2 N–H and O–H groups in total. The Labute approximate surface area is 152 Å². The van der Waals surface area contributed by atoms with Gasteiger partial charge in [-0.1, -0.05) is 49.1 Å². The molecule has 1 aromatic rings. The van der Waals surface area contributed by atoms with Crippen molar-refractivity contribution in [1.29, 1.82) is 0 Å². The predicted molar refractivity (Wildman–Crippen MR) is 105 cm³/mol. The van der Waals surface area contributed by atoms with E-state index in [-0.39, 0.29) is 11.9 Å². The molecule has 3 nitrogen and oxygen atoms in total. The summed E-state index contributed by atoms with van der Waals surface area (Å²) in [6, 6.07) is 7.93. The molecular formula is C19H30BO3S. The second kappa shape index (κ2) is 9.09. The summed E-state index contributed by atoms with van der Waals surface area (Å²) >= 11 is 4.61. The molecule has 0 spiro atoms. The van der Waals surface area contributed by atoms with Crippen LogP contribution in [0, 0.1) is 0 Å². The van der Waals surface area contributed by atoms with Crippen LogP contribution in [0.3, 0.4) is 0 Å². The molecule has 1 aromatic carbocycles. The third-order valence-corrected chi connectivity index (χ3v) is 4.86. The van der Waals surface area contributed by atoms with E-state index in [0.29, 0.717) is 0 Å². The van der Waals surface area contributed by atoms with E-state index in [1.807, 2.05) is 44.2 Å². The van der Waals surface area contributed by atoms with Gasteiger partial charge in [0.1, 0.15) is 0 Å². The van der Waals surface area contributed by atoms with E-state index in [0.717, 1.165) is 29.4 Å². The smallest absolute Gasteiger partial charge is 0.330 e. The molecule has 0 saturated heterocycles. The Hall–Kier alpha value is -0.745. The third-order valence-electron chi connectivity index (χ3n) is 4.41. The zero-order valence-corrected chi connectivity index (χ0v) is 16.3. The molecule has 0 bridgehead atoms. The van der Waals surface area contributed by atoms with Gasteiger partial charge in [0.2, 0.25) is 0 Å². The largest absolute Gasteiger partial charge is 0.427 e. The molecule has 1 rings (SSSR count). The minimum atomic E-state index is -0.940. The van der Waals surface area contributed by atoms with Gasteiger partial charge in [-0.15, -0.1) is 0 Å². The molecule has 0 amide bonds. The number of benzene rings is 1. The first kappa shape index (κ1) is 21.3. The van der Waals surface area contributed by atoms with E-state index >= 15 is 0 Å². The fourth-order valence-electron chi connectivity index (χ4n) is 1.99. The van der Waals surface area contributed by atoms with E-state index in [4.69, 9.17) is 4.65 Å². The molecule has 1 radical (unpaired) electrons. The maximum Gasteiger partial charge on any atom is 0.330 e. The van der Waals surface area contributed by atoms with Crippen molar-refractivity contribution in [3.05, 3.63) is 41.5 Å². The Kier molecular flexibility index (Phi) is 8.07. The lowest BCUT2D eigenvalue weighted by Gasteiger charge is -2.37. The SMILES string of the molecule is CCC/C(=C\C(S)c1ccc([B]OC(C)(C)C(C)(C)O)cc1)CO. The van der Waals surface area contributed by atoms with Crippen LogP contribution in [0.15, 0.2) is 35.9 Å². The number of hydrogen-bond acceptors (Lipinski definition) is 4. The number of thiol groups is 1. The molecule has 0 aliphatic heterocycles. The lowest BCUT2D eigenvalue weighted by Crippen LogP contribution is -2.49. The molecule has 133 valence electrons. The van der Waals surface area contributed by atoms with Gasteiger partial charge in [-0.25, -0.2) is 0 Å². The van der Waals surface area contributed by atoms with E-state index in [1.165, 1.54) is 0 Å². The van der Waals surface area contributed by atoms with Crippen LogP contribution in [0.25, 0.3) is 0 Å². The van der Waals surface area contributed by atoms with Gasteiger partial charge in [0.05, 0.1) is 17.8 Å². The number of rotatable bonds is 9. The van der Waals surface area contributed by atoms with Gasteiger partial charge < -0.3 is 14.9 Å². The Morgan fingerprint density at radius 1 is 1.25 bits per heavy atom. The standard InChI is InChI=1S/C19H30BO3S/c1-6-7-14(13-21)12-17(24)15-8-10-16(11-9-15)20-23-19(4,5)18(2,3)22/h8-12,17,21-22,24H,6-7,13H2,1-5H3/b14-12+.